The Hall–Kier alpha value is -0.830. The Morgan fingerprint density at radius 3 is 3.00 bits per heavy atom. The van der Waals surface area contributed by atoms with Crippen LogP contribution in [-0.4, -0.2) is 5.16 Å². The summed E-state index contributed by atoms with van der Waals surface area (Å²) in [7, 11) is 0. The fourth-order valence-corrected chi connectivity index (χ4v) is 2.22. The molecule has 2 rings (SSSR count). The third-order valence-electron chi connectivity index (χ3n) is 3.30. The van der Waals surface area contributed by atoms with Crippen molar-refractivity contribution in [3.8, 4) is 0 Å². The van der Waals surface area contributed by atoms with Crippen LogP contribution in [0.1, 0.15) is 37.3 Å². The SMILES string of the molecule is CC(C)C1CCc2onc(CN)c2C1. The van der Waals surface area contributed by atoms with E-state index in [-0.39, 0.29) is 0 Å². The predicted octanol–water partition coefficient (Wildman–Crippen LogP) is 1.89. The molecule has 3 heteroatoms. The van der Waals surface area contributed by atoms with E-state index in [1.54, 1.807) is 0 Å². The molecule has 1 heterocycles. The summed E-state index contributed by atoms with van der Waals surface area (Å²) in [6.45, 7) is 5.07. The zero-order valence-electron chi connectivity index (χ0n) is 8.92. The van der Waals surface area contributed by atoms with E-state index in [0.29, 0.717) is 6.54 Å². The number of rotatable bonds is 2. The third-order valence-corrected chi connectivity index (χ3v) is 3.30. The summed E-state index contributed by atoms with van der Waals surface area (Å²) in [5.74, 6) is 2.58. The first-order valence-electron chi connectivity index (χ1n) is 5.38. The van der Waals surface area contributed by atoms with E-state index in [1.807, 2.05) is 0 Å². The van der Waals surface area contributed by atoms with Crippen molar-refractivity contribution >= 4 is 0 Å². The predicted molar refractivity (Wildman–Crippen MR) is 54.7 cm³/mol. The molecule has 78 valence electrons. The van der Waals surface area contributed by atoms with Crippen molar-refractivity contribution in [3.63, 3.8) is 0 Å². The van der Waals surface area contributed by atoms with Crippen molar-refractivity contribution in [2.75, 3.05) is 0 Å². The molecule has 0 spiro atoms. The molecule has 0 fully saturated rings. The molecule has 0 bridgehead atoms. The highest BCUT2D eigenvalue weighted by atomic mass is 16.5. The van der Waals surface area contributed by atoms with Crippen molar-refractivity contribution < 1.29 is 4.52 Å². The third kappa shape index (κ3) is 1.57. The summed E-state index contributed by atoms with van der Waals surface area (Å²) in [5.41, 5.74) is 7.87. The lowest BCUT2D eigenvalue weighted by Gasteiger charge is -2.24. The minimum absolute atomic E-state index is 0.504. The maximum atomic E-state index is 5.62. The van der Waals surface area contributed by atoms with Crippen LogP contribution in [0.2, 0.25) is 0 Å². The summed E-state index contributed by atoms with van der Waals surface area (Å²) in [6.07, 6.45) is 3.36. The van der Waals surface area contributed by atoms with Gasteiger partial charge in [0.05, 0.1) is 0 Å². The number of aromatic nitrogens is 1. The number of nitrogens with zero attached hydrogens (tertiary/aromatic N) is 1. The van der Waals surface area contributed by atoms with E-state index in [1.165, 1.54) is 12.0 Å². The molecule has 0 aliphatic heterocycles. The topological polar surface area (TPSA) is 52.0 Å². The summed E-state index contributed by atoms with van der Waals surface area (Å²) in [6, 6.07) is 0. The van der Waals surface area contributed by atoms with E-state index in [2.05, 4.69) is 19.0 Å². The number of nitrogens with two attached hydrogens (primary N) is 1. The summed E-state index contributed by atoms with van der Waals surface area (Å²) in [5, 5.41) is 4.01. The number of hydrogen-bond donors (Lipinski definition) is 1. The van der Waals surface area contributed by atoms with Crippen LogP contribution in [0.3, 0.4) is 0 Å². The fraction of sp³-hybridized carbons (Fsp3) is 0.727. The minimum Gasteiger partial charge on any atom is -0.361 e. The second kappa shape index (κ2) is 3.73. The first kappa shape index (κ1) is 9.71. The second-order valence-corrected chi connectivity index (χ2v) is 4.48. The van der Waals surface area contributed by atoms with E-state index in [0.717, 1.165) is 36.1 Å². The molecule has 3 nitrogen and oxygen atoms in total. The largest absolute Gasteiger partial charge is 0.361 e. The Morgan fingerprint density at radius 2 is 2.36 bits per heavy atom. The van der Waals surface area contributed by atoms with E-state index >= 15 is 0 Å². The van der Waals surface area contributed by atoms with Gasteiger partial charge < -0.3 is 10.3 Å². The molecular weight excluding hydrogens is 176 g/mol. The van der Waals surface area contributed by atoms with Crippen LogP contribution < -0.4 is 5.73 Å². The lowest BCUT2D eigenvalue weighted by Crippen LogP contribution is -2.19. The number of hydrogen-bond acceptors (Lipinski definition) is 3. The van der Waals surface area contributed by atoms with Crippen molar-refractivity contribution in [1.82, 2.24) is 5.16 Å². The molecule has 1 unspecified atom stereocenters. The van der Waals surface area contributed by atoms with Crippen LogP contribution in [0.15, 0.2) is 4.52 Å². The van der Waals surface area contributed by atoms with Crippen molar-refractivity contribution in [2.45, 2.75) is 39.7 Å². The van der Waals surface area contributed by atoms with Crippen LogP contribution in [-0.2, 0) is 19.4 Å². The van der Waals surface area contributed by atoms with E-state index in [4.69, 9.17) is 10.3 Å². The van der Waals surface area contributed by atoms with E-state index in [9.17, 15) is 0 Å². The number of aryl methyl sites for hydroxylation is 1. The van der Waals surface area contributed by atoms with Gasteiger partial charge in [0.15, 0.2) is 0 Å². The average Bonchev–Trinajstić information content (AvgIpc) is 2.59. The van der Waals surface area contributed by atoms with Gasteiger partial charge in [-0.15, -0.1) is 0 Å². The molecule has 1 atom stereocenters. The standard InChI is InChI=1S/C11H18N2O/c1-7(2)8-3-4-11-9(5-8)10(6-12)13-14-11/h7-8H,3-6,12H2,1-2H3. The van der Waals surface area contributed by atoms with Gasteiger partial charge in [0.2, 0.25) is 0 Å². The zero-order valence-corrected chi connectivity index (χ0v) is 8.92. The van der Waals surface area contributed by atoms with Crippen molar-refractivity contribution in [1.29, 1.82) is 0 Å². The molecule has 2 N–H and O–H groups in total. The van der Waals surface area contributed by atoms with Gasteiger partial charge >= 0.3 is 0 Å². The molecule has 0 saturated heterocycles. The van der Waals surface area contributed by atoms with E-state index < -0.39 is 0 Å². The summed E-state index contributed by atoms with van der Waals surface area (Å²) >= 11 is 0. The first-order valence-corrected chi connectivity index (χ1v) is 5.38. The smallest absolute Gasteiger partial charge is 0.140 e. The zero-order chi connectivity index (χ0) is 10.1. The molecule has 0 saturated carbocycles. The Labute approximate surface area is 84.7 Å². The van der Waals surface area contributed by atoms with Crippen LogP contribution in [0.4, 0.5) is 0 Å². The highest BCUT2D eigenvalue weighted by molar-refractivity contribution is 5.26. The lowest BCUT2D eigenvalue weighted by molar-refractivity contribution is 0.305. The molecule has 0 amide bonds. The maximum absolute atomic E-state index is 5.62. The van der Waals surface area contributed by atoms with Gasteiger partial charge in [-0.2, -0.15) is 0 Å². The Bertz CT molecular complexity index is 304. The molecular formula is C11H18N2O. The van der Waals surface area contributed by atoms with Gasteiger partial charge in [-0.3, -0.25) is 0 Å². The van der Waals surface area contributed by atoms with Crippen LogP contribution in [0.5, 0.6) is 0 Å². The fourth-order valence-electron chi connectivity index (χ4n) is 2.22. The normalized spacial score (nSPS) is 21.3. The van der Waals surface area contributed by atoms with Gasteiger partial charge in [0, 0.05) is 18.5 Å². The lowest BCUT2D eigenvalue weighted by atomic mass is 9.80. The minimum atomic E-state index is 0.504. The molecule has 1 aromatic heterocycles. The highest BCUT2D eigenvalue weighted by Crippen LogP contribution is 2.31. The maximum Gasteiger partial charge on any atom is 0.140 e. The van der Waals surface area contributed by atoms with Gasteiger partial charge in [0.1, 0.15) is 11.5 Å². The number of fused-ring (bicyclic) bond motifs is 1. The van der Waals surface area contributed by atoms with Crippen LogP contribution >= 0.6 is 0 Å². The quantitative estimate of drug-likeness (QED) is 0.782. The van der Waals surface area contributed by atoms with Crippen molar-refractivity contribution in [3.05, 3.63) is 17.0 Å². The average molecular weight is 194 g/mol. The Balaban J connectivity index is 2.23. The van der Waals surface area contributed by atoms with Crippen LogP contribution in [0, 0.1) is 11.8 Å². The molecule has 14 heavy (non-hydrogen) atoms. The molecule has 1 aliphatic carbocycles. The van der Waals surface area contributed by atoms with Gasteiger partial charge in [-0.25, -0.2) is 0 Å². The van der Waals surface area contributed by atoms with Gasteiger partial charge in [0.25, 0.3) is 0 Å². The monoisotopic (exact) mass is 194 g/mol. The van der Waals surface area contributed by atoms with Crippen LogP contribution in [0.25, 0.3) is 0 Å². The molecule has 0 aromatic carbocycles. The Morgan fingerprint density at radius 1 is 1.57 bits per heavy atom. The highest BCUT2D eigenvalue weighted by Gasteiger charge is 2.26. The second-order valence-electron chi connectivity index (χ2n) is 4.48. The van der Waals surface area contributed by atoms with Crippen molar-refractivity contribution in [2.24, 2.45) is 17.6 Å². The Kier molecular flexibility index (Phi) is 2.59. The molecule has 1 aliphatic rings. The molecule has 0 radical (unpaired) electrons. The first-order chi connectivity index (χ1) is 6.72. The summed E-state index contributed by atoms with van der Waals surface area (Å²) in [4.78, 5) is 0. The van der Waals surface area contributed by atoms with Gasteiger partial charge in [-0.1, -0.05) is 19.0 Å². The summed E-state index contributed by atoms with van der Waals surface area (Å²) < 4.78 is 5.28. The molecule has 1 aromatic rings. The van der Waals surface area contributed by atoms with Gasteiger partial charge in [-0.05, 0) is 24.7 Å².